The molecule has 0 saturated carbocycles. The minimum absolute atomic E-state index is 0.0395. The molecule has 2 aromatic heterocycles. The van der Waals surface area contributed by atoms with Gasteiger partial charge in [0.2, 0.25) is 10.0 Å². The molecule has 0 amide bonds. The number of aryl methyl sites for hydroxylation is 2. The molecule has 0 aliphatic rings. The van der Waals surface area contributed by atoms with E-state index in [2.05, 4.69) is 14.9 Å². The molecule has 0 spiro atoms. The number of nitrogens with one attached hydrogen (secondary N) is 2. The van der Waals surface area contributed by atoms with E-state index in [1.165, 1.54) is 13.0 Å². The number of aromatic amines is 1. The van der Waals surface area contributed by atoms with E-state index in [9.17, 15) is 8.42 Å². The highest BCUT2D eigenvalue weighted by molar-refractivity contribution is 7.89. The molecule has 2 rings (SSSR count). The van der Waals surface area contributed by atoms with Crippen LogP contribution in [0.3, 0.4) is 0 Å². The second kappa shape index (κ2) is 5.16. The summed E-state index contributed by atoms with van der Waals surface area (Å²) in [4.78, 5) is 0.0395. The van der Waals surface area contributed by atoms with Crippen molar-refractivity contribution in [2.75, 3.05) is 0 Å². The van der Waals surface area contributed by atoms with E-state index in [1.807, 2.05) is 6.92 Å². The summed E-state index contributed by atoms with van der Waals surface area (Å²) in [6.07, 6.45) is 1.57. The van der Waals surface area contributed by atoms with Crippen LogP contribution in [0.1, 0.15) is 22.8 Å². The Morgan fingerprint density at radius 1 is 1.47 bits per heavy atom. The topological polar surface area (TPSA) is 108 Å². The van der Waals surface area contributed by atoms with Crippen LogP contribution >= 0.6 is 0 Å². The van der Waals surface area contributed by atoms with Gasteiger partial charge >= 0.3 is 0 Å². The van der Waals surface area contributed by atoms with Gasteiger partial charge in [-0.3, -0.25) is 5.10 Å². The fourth-order valence-corrected chi connectivity index (χ4v) is 2.88. The van der Waals surface area contributed by atoms with Crippen molar-refractivity contribution in [3.63, 3.8) is 0 Å². The standard InChI is InChI=1S/C11H15N3O4S/c1-7-9(4-12-14-7)5-13-19(16,17)11-3-10(6-15)18-8(11)2/h3-4,13,15H,5-6H2,1-2H3,(H,12,14). The second-order valence-corrected chi connectivity index (χ2v) is 5.87. The van der Waals surface area contributed by atoms with Crippen molar-refractivity contribution in [3.8, 4) is 0 Å². The van der Waals surface area contributed by atoms with Gasteiger partial charge in [0.1, 0.15) is 23.0 Å². The van der Waals surface area contributed by atoms with E-state index >= 15 is 0 Å². The van der Waals surface area contributed by atoms with Gasteiger partial charge in [0.05, 0.1) is 6.20 Å². The number of rotatable bonds is 5. The first-order chi connectivity index (χ1) is 8.94. The highest BCUT2D eigenvalue weighted by Crippen LogP contribution is 2.20. The summed E-state index contributed by atoms with van der Waals surface area (Å²) in [6.45, 7) is 3.15. The average Bonchev–Trinajstić information content (AvgIpc) is 2.93. The molecule has 2 heterocycles. The summed E-state index contributed by atoms with van der Waals surface area (Å²) < 4.78 is 31.8. The van der Waals surface area contributed by atoms with Crippen LogP contribution in [0.25, 0.3) is 0 Å². The maximum absolute atomic E-state index is 12.1. The lowest BCUT2D eigenvalue weighted by Crippen LogP contribution is -2.23. The van der Waals surface area contributed by atoms with Crippen molar-refractivity contribution < 1.29 is 17.9 Å². The van der Waals surface area contributed by atoms with Crippen LogP contribution in [0.15, 0.2) is 21.6 Å². The predicted octanol–water partition coefficient (Wildman–Crippen LogP) is 0.590. The third-order valence-corrected chi connectivity index (χ3v) is 4.26. The number of hydrogen-bond acceptors (Lipinski definition) is 5. The number of sulfonamides is 1. The van der Waals surface area contributed by atoms with Gasteiger partial charge in [0, 0.05) is 23.9 Å². The Hall–Kier alpha value is -1.64. The van der Waals surface area contributed by atoms with Gasteiger partial charge in [0.15, 0.2) is 0 Å². The molecule has 0 bridgehead atoms. The summed E-state index contributed by atoms with van der Waals surface area (Å²) in [6, 6.07) is 1.32. The van der Waals surface area contributed by atoms with Crippen LogP contribution in [0.4, 0.5) is 0 Å². The Labute approximate surface area is 110 Å². The highest BCUT2D eigenvalue weighted by Gasteiger charge is 2.21. The van der Waals surface area contributed by atoms with E-state index in [4.69, 9.17) is 9.52 Å². The third kappa shape index (κ3) is 2.86. The van der Waals surface area contributed by atoms with Crippen LogP contribution in [0, 0.1) is 13.8 Å². The fraction of sp³-hybridized carbons (Fsp3) is 0.364. The minimum atomic E-state index is -3.67. The molecule has 0 fully saturated rings. The number of H-pyrrole nitrogens is 1. The molecule has 104 valence electrons. The lowest BCUT2D eigenvalue weighted by molar-refractivity contribution is 0.244. The van der Waals surface area contributed by atoms with Crippen LogP contribution in [0.5, 0.6) is 0 Å². The molecule has 8 heteroatoms. The maximum Gasteiger partial charge on any atom is 0.244 e. The van der Waals surface area contributed by atoms with Gasteiger partial charge in [-0.2, -0.15) is 5.10 Å². The molecule has 0 aliphatic heterocycles. The first-order valence-electron chi connectivity index (χ1n) is 5.62. The van der Waals surface area contributed by atoms with Gasteiger partial charge in [-0.1, -0.05) is 0 Å². The summed E-state index contributed by atoms with van der Waals surface area (Å²) in [7, 11) is -3.67. The normalized spacial score (nSPS) is 11.9. The van der Waals surface area contributed by atoms with E-state index < -0.39 is 10.0 Å². The van der Waals surface area contributed by atoms with Crippen LogP contribution in [-0.2, 0) is 23.2 Å². The molecule has 0 saturated heterocycles. The average molecular weight is 285 g/mol. The monoisotopic (exact) mass is 285 g/mol. The Morgan fingerprint density at radius 3 is 2.74 bits per heavy atom. The molecule has 0 atom stereocenters. The van der Waals surface area contributed by atoms with Crippen LogP contribution in [-0.4, -0.2) is 23.7 Å². The van der Waals surface area contributed by atoms with E-state index in [0.29, 0.717) is 0 Å². The van der Waals surface area contributed by atoms with Crippen molar-refractivity contribution in [2.45, 2.75) is 31.9 Å². The van der Waals surface area contributed by atoms with Crippen molar-refractivity contribution in [1.82, 2.24) is 14.9 Å². The van der Waals surface area contributed by atoms with Crippen molar-refractivity contribution >= 4 is 10.0 Å². The Morgan fingerprint density at radius 2 is 2.21 bits per heavy atom. The maximum atomic E-state index is 12.1. The summed E-state index contributed by atoms with van der Waals surface area (Å²) in [5.74, 6) is 0.470. The highest BCUT2D eigenvalue weighted by atomic mass is 32.2. The Bertz CT molecular complexity index is 672. The van der Waals surface area contributed by atoms with Crippen molar-refractivity contribution in [1.29, 1.82) is 0 Å². The molecule has 0 radical (unpaired) electrons. The molecule has 7 nitrogen and oxygen atoms in total. The first kappa shape index (κ1) is 13.8. The molecular formula is C11H15N3O4S. The molecule has 0 aliphatic carbocycles. The number of hydrogen-bond donors (Lipinski definition) is 3. The zero-order valence-electron chi connectivity index (χ0n) is 10.6. The summed E-state index contributed by atoms with van der Waals surface area (Å²) in [5, 5.41) is 15.5. The van der Waals surface area contributed by atoms with Gasteiger partial charge in [-0.25, -0.2) is 13.1 Å². The second-order valence-electron chi connectivity index (χ2n) is 4.14. The molecule has 3 N–H and O–H groups in total. The zero-order valence-corrected chi connectivity index (χ0v) is 11.4. The van der Waals surface area contributed by atoms with Gasteiger partial charge in [0.25, 0.3) is 0 Å². The van der Waals surface area contributed by atoms with E-state index in [-0.39, 0.29) is 29.6 Å². The third-order valence-electron chi connectivity index (χ3n) is 2.76. The first-order valence-corrected chi connectivity index (χ1v) is 7.11. The predicted molar refractivity (Wildman–Crippen MR) is 66.7 cm³/mol. The molecular weight excluding hydrogens is 270 g/mol. The Kier molecular flexibility index (Phi) is 3.74. The van der Waals surface area contributed by atoms with E-state index in [1.54, 1.807) is 6.20 Å². The number of furan rings is 1. The summed E-state index contributed by atoms with van der Waals surface area (Å²) >= 11 is 0. The number of aromatic nitrogens is 2. The Balaban J connectivity index is 2.18. The van der Waals surface area contributed by atoms with Crippen molar-refractivity contribution in [3.05, 3.63) is 35.0 Å². The summed E-state index contributed by atoms with van der Waals surface area (Å²) in [5.41, 5.74) is 1.58. The molecule has 2 aromatic rings. The fourth-order valence-electron chi connectivity index (χ4n) is 1.67. The van der Waals surface area contributed by atoms with Crippen molar-refractivity contribution in [2.24, 2.45) is 0 Å². The molecule has 19 heavy (non-hydrogen) atoms. The van der Waals surface area contributed by atoms with Gasteiger partial charge < -0.3 is 9.52 Å². The zero-order chi connectivity index (χ0) is 14.0. The van der Waals surface area contributed by atoms with Crippen LogP contribution < -0.4 is 4.72 Å². The number of nitrogens with zero attached hydrogens (tertiary/aromatic N) is 1. The lowest BCUT2D eigenvalue weighted by Gasteiger charge is -2.04. The van der Waals surface area contributed by atoms with Crippen LogP contribution in [0.2, 0.25) is 0 Å². The molecule has 0 aromatic carbocycles. The minimum Gasteiger partial charge on any atom is -0.462 e. The molecule has 0 unspecified atom stereocenters. The van der Waals surface area contributed by atoms with E-state index in [0.717, 1.165) is 11.3 Å². The van der Waals surface area contributed by atoms with Gasteiger partial charge in [-0.15, -0.1) is 0 Å². The quantitative estimate of drug-likeness (QED) is 0.745. The largest absolute Gasteiger partial charge is 0.462 e. The SMILES string of the molecule is Cc1[nH]ncc1CNS(=O)(=O)c1cc(CO)oc1C. The van der Waals surface area contributed by atoms with Gasteiger partial charge in [-0.05, 0) is 13.8 Å². The lowest BCUT2D eigenvalue weighted by atomic mass is 10.3. The number of aliphatic hydroxyl groups is 1. The smallest absolute Gasteiger partial charge is 0.244 e. The number of aliphatic hydroxyl groups excluding tert-OH is 1.